The van der Waals surface area contributed by atoms with Crippen LogP contribution in [0.5, 0.6) is 0 Å². The highest BCUT2D eigenvalue weighted by atomic mass is 19.2. The van der Waals surface area contributed by atoms with Crippen molar-refractivity contribution in [2.24, 2.45) is 0 Å². The summed E-state index contributed by atoms with van der Waals surface area (Å²) in [4.78, 5) is 0. The van der Waals surface area contributed by atoms with Crippen molar-refractivity contribution >= 4 is 0 Å². The van der Waals surface area contributed by atoms with E-state index in [9.17, 15) is 22.7 Å². The molecule has 0 spiro atoms. The molecular formula is C15H12F4O. The summed E-state index contributed by atoms with van der Waals surface area (Å²) in [6.45, 7) is 0. The zero-order valence-corrected chi connectivity index (χ0v) is 10.4. The van der Waals surface area contributed by atoms with Crippen molar-refractivity contribution in [3.63, 3.8) is 0 Å². The van der Waals surface area contributed by atoms with Crippen molar-refractivity contribution in [3.8, 4) is 0 Å². The number of aliphatic hydroxyl groups excluding tert-OH is 1. The average Bonchev–Trinajstić information content (AvgIpc) is 2.32. The minimum absolute atomic E-state index is 0.0215. The second kappa shape index (κ2) is 6.05. The fourth-order valence-corrected chi connectivity index (χ4v) is 2.01. The number of rotatable bonds is 4. The molecule has 5 heteroatoms. The van der Waals surface area contributed by atoms with Crippen LogP contribution in [0.1, 0.15) is 11.1 Å². The molecule has 1 atom stereocenters. The number of aliphatic hydroxyl groups is 1. The van der Waals surface area contributed by atoms with E-state index in [0.717, 1.165) is 30.3 Å². The first-order chi connectivity index (χ1) is 9.44. The van der Waals surface area contributed by atoms with Gasteiger partial charge < -0.3 is 5.11 Å². The Morgan fingerprint density at radius 3 is 1.95 bits per heavy atom. The van der Waals surface area contributed by atoms with E-state index in [1.165, 1.54) is 6.07 Å². The van der Waals surface area contributed by atoms with Crippen molar-refractivity contribution in [3.05, 3.63) is 70.8 Å². The van der Waals surface area contributed by atoms with Crippen LogP contribution < -0.4 is 0 Å². The lowest BCUT2D eigenvalue weighted by Crippen LogP contribution is -2.14. The largest absolute Gasteiger partial charge is 0.392 e. The van der Waals surface area contributed by atoms with E-state index < -0.39 is 29.4 Å². The lowest BCUT2D eigenvalue weighted by atomic mass is 10.0. The second-order valence-electron chi connectivity index (χ2n) is 4.59. The van der Waals surface area contributed by atoms with E-state index in [1.807, 2.05) is 0 Å². The molecule has 1 N–H and O–H groups in total. The number of benzene rings is 2. The van der Waals surface area contributed by atoms with E-state index in [4.69, 9.17) is 0 Å². The average molecular weight is 284 g/mol. The van der Waals surface area contributed by atoms with Crippen molar-refractivity contribution < 1.29 is 22.7 Å². The van der Waals surface area contributed by atoms with E-state index >= 15 is 0 Å². The Kier molecular flexibility index (Phi) is 4.39. The molecule has 0 saturated heterocycles. The van der Waals surface area contributed by atoms with Crippen LogP contribution in [0, 0.1) is 23.3 Å². The molecule has 0 aliphatic rings. The molecule has 0 heterocycles. The molecule has 2 aromatic carbocycles. The first-order valence-electron chi connectivity index (χ1n) is 6.01. The van der Waals surface area contributed by atoms with Gasteiger partial charge in [-0.15, -0.1) is 0 Å². The maximum atomic E-state index is 13.0. The molecule has 0 saturated carbocycles. The standard InChI is InChI=1S/C15H12F4O/c16-11-3-10(4-12(17)8-11)6-13(20)5-9-1-2-14(18)15(19)7-9/h1-4,7-8,13,20H,5-6H2. The first-order valence-corrected chi connectivity index (χ1v) is 6.01. The molecule has 2 aromatic rings. The number of halogens is 4. The van der Waals surface area contributed by atoms with E-state index in [2.05, 4.69) is 0 Å². The predicted octanol–water partition coefficient (Wildman–Crippen LogP) is 3.39. The molecule has 0 fully saturated rings. The lowest BCUT2D eigenvalue weighted by Gasteiger charge is -2.11. The molecule has 0 aromatic heterocycles. The van der Waals surface area contributed by atoms with Crippen LogP contribution >= 0.6 is 0 Å². The second-order valence-corrected chi connectivity index (χ2v) is 4.59. The van der Waals surface area contributed by atoms with Crippen LogP contribution in [0.25, 0.3) is 0 Å². The summed E-state index contributed by atoms with van der Waals surface area (Å²) in [5.74, 6) is -3.40. The van der Waals surface area contributed by atoms with Crippen molar-refractivity contribution in [2.75, 3.05) is 0 Å². The van der Waals surface area contributed by atoms with Crippen molar-refractivity contribution in [1.29, 1.82) is 0 Å². The van der Waals surface area contributed by atoms with E-state index in [-0.39, 0.29) is 12.8 Å². The monoisotopic (exact) mass is 284 g/mol. The molecule has 0 aliphatic carbocycles. The van der Waals surface area contributed by atoms with Gasteiger partial charge in [0.2, 0.25) is 0 Å². The zero-order valence-electron chi connectivity index (χ0n) is 10.4. The smallest absolute Gasteiger partial charge is 0.159 e. The van der Waals surface area contributed by atoms with Gasteiger partial charge in [0.15, 0.2) is 11.6 Å². The summed E-state index contributed by atoms with van der Waals surface area (Å²) in [5, 5.41) is 9.84. The van der Waals surface area contributed by atoms with Gasteiger partial charge >= 0.3 is 0 Å². The van der Waals surface area contributed by atoms with Crippen LogP contribution in [0.3, 0.4) is 0 Å². The summed E-state index contributed by atoms with van der Waals surface area (Å²) in [6, 6.07) is 6.30. The zero-order chi connectivity index (χ0) is 14.7. The lowest BCUT2D eigenvalue weighted by molar-refractivity contribution is 0.175. The van der Waals surface area contributed by atoms with Gasteiger partial charge in [-0.2, -0.15) is 0 Å². The van der Waals surface area contributed by atoms with Gasteiger partial charge in [-0.05, 0) is 48.2 Å². The summed E-state index contributed by atoms with van der Waals surface area (Å²) in [5.41, 5.74) is 0.714. The summed E-state index contributed by atoms with van der Waals surface area (Å²) >= 11 is 0. The van der Waals surface area contributed by atoms with Crippen LogP contribution in [-0.4, -0.2) is 11.2 Å². The third-order valence-electron chi connectivity index (χ3n) is 2.85. The quantitative estimate of drug-likeness (QED) is 0.853. The Morgan fingerprint density at radius 1 is 0.750 bits per heavy atom. The van der Waals surface area contributed by atoms with Crippen LogP contribution in [0.15, 0.2) is 36.4 Å². The molecule has 2 rings (SSSR count). The SMILES string of the molecule is OC(Cc1cc(F)cc(F)c1)Cc1ccc(F)c(F)c1. The fourth-order valence-electron chi connectivity index (χ4n) is 2.01. The molecule has 20 heavy (non-hydrogen) atoms. The van der Waals surface area contributed by atoms with Gasteiger partial charge in [-0.3, -0.25) is 0 Å². The Balaban J connectivity index is 2.04. The van der Waals surface area contributed by atoms with Crippen molar-refractivity contribution in [2.45, 2.75) is 18.9 Å². The minimum atomic E-state index is -0.994. The van der Waals surface area contributed by atoms with Crippen LogP contribution in [-0.2, 0) is 12.8 Å². The maximum Gasteiger partial charge on any atom is 0.159 e. The van der Waals surface area contributed by atoms with E-state index in [0.29, 0.717) is 11.1 Å². The Labute approximate surface area is 113 Å². The van der Waals surface area contributed by atoms with Crippen LogP contribution in [0.4, 0.5) is 17.6 Å². The predicted molar refractivity (Wildman–Crippen MR) is 66.1 cm³/mol. The molecule has 0 amide bonds. The highest BCUT2D eigenvalue weighted by molar-refractivity contribution is 5.21. The fraction of sp³-hybridized carbons (Fsp3) is 0.200. The molecular weight excluding hydrogens is 272 g/mol. The summed E-state index contributed by atoms with van der Waals surface area (Å²) < 4.78 is 51.7. The summed E-state index contributed by atoms with van der Waals surface area (Å²) in [7, 11) is 0. The van der Waals surface area contributed by atoms with Gasteiger partial charge in [0, 0.05) is 6.07 Å². The number of hydrogen-bond acceptors (Lipinski definition) is 1. The van der Waals surface area contributed by atoms with Gasteiger partial charge in [0.05, 0.1) is 6.10 Å². The topological polar surface area (TPSA) is 20.2 Å². The molecule has 0 radical (unpaired) electrons. The normalized spacial score (nSPS) is 12.4. The highest BCUT2D eigenvalue weighted by Gasteiger charge is 2.11. The van der Waals surface area contributed by atoms with Gasteiger partial charge in [0.1, 0.15) is 11.6 Å². The van der Waals surface area contributed by atoms with Gasteiger partial charge in [-0.25, -0.2) is 17.6 Å². The summed E-state index contributed by atoms with van der Waals surface area (Å²) in [6.07, 6.45) is -0.857. The third-order valence-corrected chi connectivity index (χ3v) is 2.85. The molecule has 1 nitrogen and oxygen atoms in total. The Bertz CT molecular complexity index is 593. The maximum absolute atomic E-state index is 13.0. The minimum Gasteiger partial charge on any atom is -0.392 e. The van der Waals surface area contributed by atoms with Crippen molar-refractivity contribution in [1.82, 2.24) is 0 Å². The first kappa shape index (κ1) is 14.5. The Hall–Kier alpha value is -1.88. The Morgan fingerprint density at radius 2 is 1.35 bits per heavy atom. The van der Waals surface area contributed by atoms with E-state index in [1.54, 1.807) is 0 Å². The third kappa shape index (κ3) is 3.81. The van der Waals surface area contributed by atoms with Gasteiger partial charge in [0.25, 0.3) is 0 Å². The molecule has 0 bridgehead atoms. The molecule has 0 aliphatic heterocycles. The number of hydrogen-bond donors (Lipinski definition) is 1. The van der Waals surface area contributed by atoms with Crippen LogP contribution in [0.2, 0.25) is 0 Å². The van der Waals surface area contributed by atoms with Gasteiger partial charge in [-0.1, -0.05) is 6.07 Å². The molecule has 106 valence electrons. The molecule has 1 unspecified atom stereocenters. The highest BCUT2D eigenvalue weighted by Crippen LogP contribution is 2.14.